The Kier molecular flexibility index (Phi) is 3.81. The molecule has 2 N–H and O–H groups in total. The number of ether oxygens (including phenoxy) is 1. The number of amides is 1. The van der Waals surface area contributed by atoms with Crippen molar-refractivity contribution in [3.05, 3.63) is 23.7 Å². The molecule has 0 aromatic carbocycles. The lowest BCUT2D eigenvalue weighted by Crippen LogP contribution is -2.43. The molecule has 2 atom stereocenters. The van der Waals surface area contributed by atoms with Gasteiger partial charge in [-0.05, 0) is 12.1 Å². The Hall–Kier alpha value is -1.33. The zero-order valence-electron chi connectivity index (χ0n) is 10.2. The van der Waals surface area contributed by atoms with Crippen molar-refractivity contribution >= 4 is 5.91 Å². The van der Waals surface area contributed by atoms with Gasteiger partial charge in [-0.25, -0.2) is 0 Å². The predicted molar refractivity (Wildman–Crippen MR) is 63.0 cm³/mol. The van der Waals surface area contributed by atoms with Crippen LogP contribution in [0.15, 0.2) is 16.5 Å². The molecule has 5 heteroatoms. The molecule has 0 spiro atoms. The number of methoxy groups -OCH3 is 1. The average molecular weight is 238 g/mol. The molecule has 1 amide bonds. The summed E-state index contributed by atoms with van der Waals surface area (Å²) in [6, 6.07) is 3.54. The number of carbonyl (C=O) groups excluding carboxylic acids is 1. The Bertz CT molecular complexity index is 389. The van der Waals surface area contributed by atoms with Crippen LogP contribution < -0.4 is 10.6 Å². The minimum Gasteiger partial charge on any atom is -0.456 e. The number of hydrogen-bond acceptors (Lipinski definition) is 4. The van der Waals surface area contributed by atoms with E-state index in [-0.39, 0.29) is 18.1 Å². The van der Waals surface area contributed by atoms with E-state index in [1.54, 1.807) is 13.2 Å². The SMILES string of the molecule is CCc1ccc(C(=O)NC2CNCC2OC)o1. The van der Waals surface area contributed by atoms with Gasteiger partial charge in [-0.15, -0.1) is 0 Å². The van der Waals surface area contributed by atoms with Crippen LogP contribution in [0, 0.1) is 0 Å². The maximum Gasteiger partial charge on any atom is 0.287 e. The second-order valence-electron chi connectivity index (χ2n) is 4.13. The standard InChI is InChI=1S/C12H18N2O3/c1-3-8-4-5-10(17-8)12(15)14-9-6-13-7-11(9)16-2/h4-5,9,11,13H,3,6-7H2,1-2H3,(H,14,15). The third-order valence-electron chi connectivity index (χ3n) is 3.01. The van der Waals surface area contributed by atoms with Crippen LogP contribution in [-0.2, 0) is 11.2 Å². The van der Waals surface area contributed by atoms with E-state index < -0.39 is 0 Å². The molecule has 1 aliphatic heterocycles. The van der Waals surface area contributed by atoms with E-state index >= 15 is 0 Å². The van der Waals surface area contributed by atoms with Crippen LogP contribution >= 0.6 is 0 Å². The number of rotatable bonds is 4. The van der Waals surface area contributed by atoms with E-state index in [9.17, 15) is 4.79 Å². The van der Waals surface area contributed by atoms with E-state index in [1.807, 2.05) is 13.0 Å². The van der Waals surface area contributed by atoms with Gasteiger partial charge in [0.05, 0.1) is 12.1 Å². The Morgan fingerprint density at radius 3 is 3.06 bits per heavy atom. The molecule has 5 nitrogen and oxygen atoms in total. The summed E-state index contributed by atoms with van der Waals surface area (Å²) in [7, 11) is 1.65. The molecule has 2 unspecified atom stereocenters. The molecule has 2 heterocycles. The lowest BCUT2D eigenvalue weighted by Gasteiger charge is -2.17. The zero-order valence-corrected chi connectivity index (χ0v) is 10.2. The van der Waals surface area contributed by atoms with Crippen LogP contribution in [0.25, 0.3) is 0 Å². The molecule has 17 heavy (non-hydrogen) atoms. The molecule has 0 saturated carbocycles. The van der Waals surface area contributed by atoms with Gasteiger partial charge in [-0.1, -0.05) is 6.92 Å². The monoisotopic (exact) mass is 238 g/mol. The van der Waals surface area contributed by atoms with E-state index in [2.05, 4.69) is 10.6 Å². The third kappa shape index (κ3) is 2.68. The summed E-state index contributed by atoms with van der Waals surface area (Å²) in [4.78, 5) is 11.9. The number of hydrogen-bond donors (Lipinski definition) is 2. The quantitative estimate of drug-likeness (QED) is 0.804. The van der Waals surface area contributed by atoms with Gasteiger partial charge in [0, 0.05) is 26.6 Å². The maximum absolute atomic E-state index is 11.9. The van der Waals surface area contributed by atoms with Crippen molar-refractivity contribution < 1.29 is 13.9 Å². The van der Waals surface area contributed by atoms with E-state index in [0.29, 0.717) is 5.76 Å². The first-order valence-corrected chi connectivity index (χ1v) is 5.87. The summed E-state index contributed by atoms with van der Waals surface area (Å²) in [5.41, 5.74) is 0. The average Bonchev–Trinajstić information content (AvgIpc) is 2.96. The Morgan fingerprint density at radius 1 is 1.59 bits per heavy atom. The summed E-state index contributed by atoms with van der Waals surface area (Å²) in [5.74, 6) is 1.01. The van der Waals surface area contributed by atoms with Gasteiger partial charge < -0.3 is 19.8 Å². The summed E-state index contributed by atoms with van der Waals surface area (Å²) in [6.07, 6.45) is 0.818. The van der Waals surface area contributed by atoms with Crippen LogP contribution in [0.3, 0.4) is 0 Å². The number of furan rings is 1. The smallest absolute Gasteiger partial charge is 0.287 e. The van der Waals surface area contributed by atoms with Crippen LogP contribution in [0.5, 0.6) is 0 Å². The summed E-state index contributed by atoms with van der Waals surface area (Å²) < 4.78 is 10.7. The fourth-order valence-electron chi connectivity index (χ4n) is 1.98. The predicted octanol–water partition coefficient (Wildman–Crippen LogP) is 0.559. The van der Waals surface area contributed by atoms with Crippen LogP contribution in [0.1, 0.15) is 23.2 Å². The van der Waals surface area contributed by atoms with Gasteiger partial charge in [-0.2, -0.15) is 0 Å². The maximum atomic E-state index is 11.9. The first kappa shape index (κ1) is 12.1. The Morgan fingerprint density at radius 2 is 2.41 bits per heavy atom. The van der Waals surface area contributed by atoms with Crippen molar-refractivity contribution in [1.29, 1.82) is 0 Å². The van der Waals surface area contributed by atoms with Gasteiger partial charge >= 0.3 is 0 Å². The van der Waals surface area contributed by atoms with E-state index in [1.165, 1.54) is 0 Å². The number of nitrogens with one attached hydrogen (secondary N) is 2. The molecule has 1 saturated heterocycles. The van der Waals surface area contributed by atoms with Crippen molar-refractivity contribution in [2.45, 2.75) is 25.5 Å². The molecule has 0 bridgehead atoms. The van der Waals surface area contributed by atoms with Crippen molar-refractivity contribution in [3.8, 4) is 0 Å². The minimum absolute atomic E-state index is 0.00248. The van der Waals surface area contributed by atoms with Crippen LogP contribution in [0.2, 0.25) is 0 Å². The summed E-state index contributed by atoms with van der Waals surface area (Å²) in [5, 5.41) is 6.09. The van der Waals surface area contributed by atoms with Crippen LogP contribution in [0.4, 0.5) is 0 Å². The van der Waals surface area contributed by atoms with Crippen molar-refractivity contribution in [2.24, 2.45) is 0 Å². The second kappa shape index (κ2) is 5.33. The molecule has 1 aromatic heterocycles. The molecule has 1 fully saturated rings. The molecular weight excluding hydrogens is 220 g/mol. The van der Waals surface area contributed by atoms with Gasteiger partial charge in [0.15, 0.2) is 5.76 Å². The highest BCUT2D eigenvalue weighted by molar-refractivity contribution is 5.91. The molecular formula is C12H18N2O3. The summed E-state index contributed by atoms with van der Waals surface area (Å²) >= 11 is 0. The normalized spacial score (nSPS) is 23.9. The van der Waals surface area contributed by atoms with Gasteiger partial charge in [0.25, 0.3) is 5.91 Å². The topological polar surface area (TPSA) is 63.5 Å². The highest BCUT2D eigenvalue weighted by atomic mass is 16.5. The van der Waals surface area contributed by atoms with Gasteiger partial charge in [0.2, 0.25) is 0 Å². The number of aryl methyl sites for hydroxylation is 1. The third-order valence-corrected chi connectivity index (χ3v) is 3.01. The van der Waals surface area contributed by atoms with Gasteiger partial charge in [-0.3, -0.25) is 4.79 Å². The lowest BCUT2D eigenvalue weighted by molar-refractivity contribution is 0.0759. The highest BCUT2D eigenvalue weighted by Crippen LogP contribution is 2.10. The second-order valence-corrected chi connectivity index (χ2v) is 4.13. The fourth-order valence-corrected chi connectivity index (χ4v) is 1.98. The molecule has 0 radical (unpaired) electrons. The molecule has 94 valence electrons. The van der Waals surface area contributed by atoms with Crippen molar-refractivity contribution in [2.75, 3.05) is 20.2 Å². The molecule has 2 rings (SSSR count). The summed E-state index contributed by atoms with van der Waals surface area (Å²) in [6.45, 7) is 3.48. The largest absolute Gasteiger partial charge is 0.456 e. The lowest BCUT2D eigenvalue weighted by atomic mass is 10.2. The van der Waals surface area contributed by atoms with E-state index in [4.69, 9.17) is 9.15 Å². The fraction of sp³-hybridized carbons (Fsp3) is 0.583. The molecule has 1 aromatic rings. The van der Waals surface area contributed by atoms with Gasteiger partial charge in [0.1, 0.15) is 5.76 Å². The number of carbonyl (C=O) groups is 1. The van der Waals surface area contributed by atoms with Crippen molar-refractivity contribution in [3.63, 3.8) is 0 Å². The minimum atomic E-state index is -0.180. The Balaban J connectivity index is 1.96. The first-order valence-electron chi connectivity index (χ1n) is 5.87. The zero-order chi connectivity index (χ0) is 12.3. The molecule has 1 aliphatic rings. The highest BCUT2D eigenvalue weighted by Gasteiger charge is 2.29. The molecule has 0 aliphatic carbocycles. The first-order chi connectivity index (χ1) is 8.24. The Labute approximate surface area is 101 Å². The van der Waals surface area contributed by atoms with Crippen molar-refractivity contribution in [1.82, 2.24) is 10.6 Å². The van der Waals surface area contributed by atoms with Crippen LogP contribution in [-0.4, -0.2) is 38.3 Å². The van der Waals surface area contributed by atoms with E-state index in [0.717, 1.165) is 25.3 Å².